The summed E-state index contributed by atoms with van der Waals surface area (Å²) in [6.45, 7) is 3.03. The Morgan fingerprint density at radius 2 is 2.11 bits per heavy atom. The number of piperidine rings is 1. The van der Waals surface area contributed by atoms with Crippen LogP contribution in [0.25, 0.3) is 0 Å². The Morgan fingerprint density at radius 1 is 1.25 bits per heavy atom. The minimum absolute atomic E-state index is 0.354. The number of guanidine groups is 1. The van der Waals surface area contributed by atoms with Crippen LogP contribution in [-0.2, 0) is 11.8 Å². The number of aryl methyl sites for hydroxylation is 1. The lowest BCUT2D eigenvalue weighted by Gasteiger charge is -2.57. The van der Waals surface area contributed by atoms with Gasteiger partial charge >= 0.3 is 0 Å². The predicted octanol–water partition coefficient (Wildman–Crippen LogP) is 1.90. The third kappa shape index (κ3) is 2.98. The summed E-state index contributed by atoms with van der Waals surface area (Å²) in [6, 6.07) is 0.933. The number of aromatic nitrogens is 2. The maximum Gasteiger partial charge on any atom is 0.191 e. The van der Waals surface area contributed by atoms with Crippen LogP contribution >= 0.6 is 0 Å². The molecule has 0 aromatic carbocycles. The summed E-state index contributed by atoms with van der Waals surface area (Å²) in [7, 11) is 3.88. The van der Waals surface area contributed by atoms with E-state index in [-0.39, 0.29) is 0 Å². The minimum Gasteiger partial charge on any atom is -0.377 e. The van der Waals surface area contributed by atoms with Crippen molar-refractivity contribution in [3.05, 3.63) is 12.4 Å². The van der Waals surface area contributed by atoms with Gasteiger partial charge in [-0.05, 0) is 32.1 Å². The monoisotopic (exact) mass is 386 g/mol. The molecule has 3 heterocycles. The van der Waals surface area contributed by atoms with Crippen LogP contribution in [0.15, 0.2) is 17.4 Å². The number of anilines is 1. The zero-order valence-corrected chi connectivity index (χ0v) is 17.2. The van der Waals surface area contributed by atoms with Gasteiger partial charge in [0.05, 0.1) is 18.0 Å². The molecule has 2 aliphatic heterocycles. The van der Waals surface area contributed by atoms with E-state index in [1.54, 1.807) is 0 Å². The van der Waals surface area contributed by atoms with Gasteiger partial charge in [0.25, 0.3) is 0 Å². The first-order valence-electron chi connectivity index (χ1n) is 11.0. The van der Waals surface area contributed by atoms with Gasteiger partial charge in [-0.1, -0.05) is 12.8 Å². The summed E-state index contributed by atoms with van der Waals surface area (Å²) in [5, 5.41) is 11.9. The highest BCUT2D eigenvalue weighted by molar-refractivity contribution is 5.80. The molecule has 2 saturated carbocycles. The van der Waals surface area contributed by atoms with Crippen LogP contribution in [0.3, 0.4) is 0 Å². The van der Waals surface area contributed by atoms with Gasteiger partial charge in [0.2, 0.25) is 0 Å². The van der Waals surface area contributed by atoms with Crippen molar-refractivity contribution < 1.29 is 4.74 Å². The van der Waals surface area contributed by atoms with Gasteiger partial charge in [-0.25, -0.2) is 0 Å². The van der Waals surface area contributed by atoms with Crippen LogP contribution in [0.5, 0.6) is 0 Å². The highest BCUT2D eigenvalue weighted by Gasteiger charge is 2.65. The fraction of sp³-hybridized carbons (Fsp3) is 0.810. The predicted molar refractivity (Wildman–Crippen MR) is 111 cm³/mol. The third-order valence-electron chi connectivity index (χ3n) is 7.62. The molecule has 2 aliphatic carbocycles. The second-order valence-electron chi connectivity index (χ2n) is 9.18. The molecule has 4 aliphatic rings. The molecule has 5 rings (SSSR count). The maximum absolute atomic E-state index is 6.14. The molecule has 1 spiro atoms. The van der Waals surface area contributed by atoms with E-state index in [1.807, 2.05) is 25.0 Å². The first kappa shape index (κ1) is 18.3. The fourth-order valence-corrected chi connectivity index (χ4v) is 6.32. The highest BCUT2D eigenvalue weighted by Crippen LogP contribution is 2.60. The normalized spacial score (nSPS) is 34.4. The van der Waals surface area contributed by atoms with Gasteiger partial charge in [-0.3, -0.25) is 9.67 Å². The molecule has 0 bridgehead atoms. The number of fused-ring (bicyclic) bond motifs is 2. The van der Waals surface area contributed by atoms with Crippen LogP contribution in [0, 0.1) is 11.3 Å². The van der Waals surface area contributed by atoms with Gasteiger partial charge in [0.1, 0.15) is 0 Å². The van der Waals surface area contributed by atoms with Crippen LogP contribution in [-0.4, -0.2) is 60.7 Å². The third-order valence-corrected chi connectivity index (χ3v) is 7.62. The SMILES string of the molecule is CN=C(NC1CCCN(c2cnn(C)c2)C1)NC1C2CCOC2C12CCCC2. The Balaban J connectivity index is 1.23. The standard InChI is InChI=1S/C21H34N6O/c1-22-20(24-15-6-5-10-27(13-15)16-12-23-26(2)14-16)25-18-17-7-11-28-19(17)21(18)8-3-4-9-21/h12,14-15,17-19H,3-11,13H2,1-2H3,(H2,22,24,25). The lowest BCUT2D eigenvalue weighted by Crippen LogP contribution is -2.69. The number of rotatable bonds is 3. The summed E-state index contributed by atoms with van der Waals surface area (Å²) >= 11 is 0. The minimum atomic E-state index is 0.354. The summed E-state index contributed by atoms with van der Waals surface area (Å²) < 4.78 is 8.01. The van der Waals surface area contributed by atoms with Crippen molar-refractivity contribution in [2.45, 2.75) is 63.1 Å². The van der Waals surface area contributed by atoms with Crippen molar-refractivity contribution in [2.24, 2.45) is 23.4 Å². The van der Waals surface area contributed by atoms with Gasteiger partial charge in [-0.15, -0.1) is 0 Å². The summed E-state index contributed by atoms with van der Waals surface area (Å²) in [5.41, 5.74) is 1.57. The highest BCUT2D eigenvalue weighted by atomic mass is 16.5. The molecule has 4 unspecified atom stereocenters. The largest absolute Gasteiger partial charge is 0.377 e. The number of nitrogens with one attached hydrogen (secondary N) is 2. The molecule has 4 fully saturated rings. The summed E-state index contributed by atoms with van der Waals surface area (Å²) in [4.78, 5) is 7.03. The Hall–Kier alpha value is -1.76. The zero-order chi connectivity index (χ0) is 19.1. The van der Waals surface area contributed by atoms with Crippen LogP contribution in [0.2, 0.25) is 0 Å². The van der Waals surface area contributed by atoms with Crippen molar-refractivity contribution in [1.82, 2.24) is 20.4 Å². The van der Waals surface area contributed by atoms with Crippen molar-refractivity contribution in [1.29, 1.82) is 0 Å². The Labute approximate surface area is 167 Å². The van der Waals surface area contributed by atoms with Crippen molar-refractivity contribution >= 4 is 11.6 Å². The summed E-state index contributed by atoms with van der Waals surface area (Å²) in [5.74, 6) is 1.63. The topological polar surface area (TPSA) is 66.7 Å². The van der Waals surface area contributed by atoms with Crippen molar-refractivity contribution in [2.75, 3.05) is 31.6 Å². The van der Waals surface area contributed by atoms with E-state index in [0.717, 1.165) is 25.7 Å². The quantitative estimate of drug-likeness (QED) is 0.614. The van der Waals surface area contributed by atoms with Crippen LogP contribution in [0.1, 0.15) is 44.9 Å². The van der Waals surface area contributed by atoms with Crippen LogP contribution < -0.4 is 15.5 Å². The van der Waals surface area contributed by atoms with Crippen molar-refractivity contribution in [3.8, 4) is 0 Å². The Bertz CT molecular complexity index is 724. The molecule has 2 saturated heterocycles. The number of ether oxygens (including phenoxy) is 1. The van der Waals surface area contributed by atoms with E-state index in [9.17, 15) is 0 Å². The summed E-state index contributed by atoms with van der Waals surface area (Å²) in [6.07, 6.45) is 13.4. The second kappa shape index (κ2) is 7.25. The molecule has 0 radical (unpaired) electrons. The first-order chi connectivity index (χ1) is 13.7. The molecule has 0 amide bonds. The average molecular weight is 387 g/mol. The van der Waals surface area contributed by atoms with Gasteiger partial charge in [-0.2, -0.15) is 5.10 Å². The van der Waals surface area contributed by atoms with Gasteiger partial charge < -0.3 is 20.3 Å². The molecule has 1 aromatic heterocycles. The molecule has 28 heavy (non-hydrogen) atoms. The molecular weight excluding hydrogens is 352 g/mol. The first-order valence-corrected chi connectivity index (χ1v) is 11.0. The van der Waals surface area contributed by atoms with Crippen molar-refractivity contribution in [3.63, 3.8) is 0 Å². The average Bonchev–Trinajstić information content (AvgIpc) is 3.45. The smallest absolute Gasteiger partial charge is 0.191 e. The molecule has 7 nitrogen and oxygen atoms in total. The van der Waals surface area contributed by atoms with E-state index in [2.05, 4.69) is 31.8 Å². The van der Waals surface area contributed by atoms with E-state index in [0.29, 0.717) is 29.5 Å². The molecule has 154 valence electrons. The van der Waals surface area contributed by atoms with Gasteiger partial charge in [0.15, 0.2) is 5.96 Å². The fourth-order valence-electron chi connectivity index (χ4n) is 6.32. The number of aliphatic imine (C=N–C) groups is 1. The second-order valence-corrected chi connectivity index (χ2v) is 9.18. The van der Waals surface area contributed by atoms with E-state index in [1.165, 1.54) is 50.6 Å². The molecular formula is C21H34N6O. The number of hydrogen-bond donors (Lipinski definition) is 2. The Kier molecular flexibility index (Phi) is 4.73. The zero-order valence-electron chi connectivity index (χ0n) is 17.2. The van der Waals surface area contributed by atoms with E-state index >= 15 is 0 Å². The lowest BCUT2D eigenvalue weighted by molar-refractivity contribution is -0.125. The molecule has 7 heteroatoms. The van der Waals surface area contributed by atoms with E-state index in [4.69, 9.17) is 4.74 Å². The maximum atomic E-state index is 6.14. The molecule has 2 N–H and O–H groups in total. The number of hydrogen-bond acceptors (Lipinski definition) is 4. The van der Waals surface area contributed by atoms with Crippen LogP contribution in [0.4, 0.5) is 5.69 Å². The van der Waals surface area contributed by atoms with E-state index < -0.39 is 0 Å². The number of nitrogens with zero attached hydrogens (tertiary/aromatic N) is 4. The molecule has 4 atom stereocenters. The lowest BCUT2D eigenvalue weighted by atomic mass is 9.54. The molecule has 1 aromatic rings. The Morgan fingerprint density at radius 3 is 2.86 bits per heavy atom. The van der Waals surface area contributed by atoms with Gasteiger partial charge in [0, 0.05) is 63.4 Å².